The number of hydrogen-bond donors (Lipinski definition) is 1. The molecule has 4 heteroatoms. The van der Waals surface area contributed by atoms with E-state index in [4.69, 9.17) is 5.73 Å². The van der Waals surface area contributed by atoms with Gasteiger partial charge in [0, 0.05) is 32.4 Å². The van der Waals surface area contributed by atoms with E-state index >= 15 is 0 Å². The summed E-state index contributed by atoms with van der Waals surface area (Å²) in [6.45, 7) is 3.79. The van der Waals surface area contributed by atoms with Gasteiger partial charge in [0.05, 0.1) is 6.04 Å². The zero-order valence-corrected chi connectivity index (χ0v) is 9.13. The molecule has 0 bridgehead atoms. The van der Waals surface area contributed by atoms with Crippen LogP contribution in [0.15, 0.2) is 24.4 Å². The van der Waals surface area contributed by atoms with Gasteiger partial charge < -0.3 is 15.5 Å². The lowest BCUT2D eigenvalue weighted by atomic mass is 10.1. The van der Waals surface area contributed by atoms with E-state index < -0.39 is 0 Å². The van der Waals surface area contributed by atoms with Crippen molar-refractivity contribution in [1.29, 1.82) is 0 Å². The Kier molecular flexibility index (Phi) is 3.18. The van der Waals surface area contributed by atoms with Crippen molar-refractivity contribution < 1.29 is 0 Å². The number of likely N-dealkylation sites (N-methyl/N-ethyl adjacent to an activating group) is 1. The molecule has 1 aromatic heterocycles. The number of rotatable bonds is 2. The quantitative estimate of drug-likeness (QED) is 0.749. The van der Waals surface area contributed by atoms with Gasteiger partial charge >= 0.3 is 0 Å². The monoisotopic (exact) mass is 206 g/mol. The molecule has 0 radical (unpaired) electrons. The summed E-state index contributed by atoms with van der Waals surface area (Å²) >= 11 is 0. The summed E-state index contributed by atoms with van der Waals surface area (Å²) in [6.07, 6.45) is 1.83. The van der Waals surface area contributed by atoms with Crippen molar-refractivity contribution in [3.8, 4) is 0 Å². The molecule has 1 atom stereocenters. The largest absolute Gasteiger partial charge is 0.350 e. The molecule has 0 aromatic carbocycles. The summed E-state index contributed by atoms with van der Waals surface area (Å²) in [5.41, 5.74) is 5.80. The predicted octanol–water partition coefficient (Wildman–Crippen LogP) is 0.161. The average molecular weight is 206 g/mol. The average Bonchev–Trinajstić information content (AvgIpc) is 2.30. The van der Waals surface area contributed by atoms with Crippen molar-refractivity contribution in [3.05, 3.63) is 24.4 Å². The number of aromatic nitrogens is 1. The van der Waals surface area contributed by atoms with Crippen molar-refractivity contribution in [1.82, 2.24) is 9.88 Å². The lowest BCUT2D eigenvalue weighted by Crippen LogP contribution is -2.55. The van der Waals surface area contributed by atoms with Gasteiger partial charge in [-0.2, -0.15) is 0 Å². The molecule has 1 aromatic rings. The lowest BCUT2D eigenvalue weighted by molar-refractivity contribution is 0.269. The van der Waals surface area contributed by atoms with Gasteiger partial charge in [-0.3, -0.25) is 0 Å². The standard InChI is InChI=1S/C11H18N4/c1-14-6-7-15(10(8-12)9-14)11-4-2-3-5-13-11/h2-5,10H,6-9,12H2,1H3. The van der Waals surface area contributed by atoms with Gasteiger partial charge in [-0.15, -0.1) is 0 Å². The van der Waals surface area contributed by atoms with E-state index in [-0.39, 0.29) is 0 Å². The Labute approximate surface area is 90.7 Å². The van der Waals surface area contributed by atoms with Crippen LogP contribution in [-0.2, 0) is 0 Å². The van der Waals surface area contributed by atoms with Crippen LogP contribution in [0, 0.1) is 0 Å². The zero-order valence-electron chi connectivity index (χ0n) is 9.13. The van der Waals surface area contributed by atoms with Gasteiger partial charge in [0.1, 0.15) is 5.82 Å². The van der Waals surface area contributed by atoms with Crippen LogP contribution in [0.2, 0.25) is 0 Å². The highest BCUT2D eigenvalue weighted by Crippen LogP contribution is 2.16. The Morgan fingerprint density at radius 3 is 3.00 bits per heavy atom. The zero-order chi connectivity index (χ0) is 10.7. The van der Waals surface area contributed by atoms with Crippen LogP contribution >= 0.6 is 0 Å². The van der Waals surface area contributed by atoms with Crippen LogP contribution in [0.5, 0.6) is 0 Å². The number of nitrogens with two attached hydrogens (primary N) is 1. The smallest absolute Gasteiger partial charge is 0.128 e. The summed E-state index contributed by atoms with van der Waals surface area (Å²) in [7, 11) is 2.14. The highest BCUT2D eigenvalue weighted by Gasteiger charge is 2.24. The Morgan fingerprint density at radius 1 is 1.47 bits per heavy atom. The Hall–Kier alpha value is -1.13. The first-order chi connectivity index (χ1) is 7.31. The fourth-order valence-electron chi connectivity index (χ4n) is 2.04. The molecular weight excluding hydrogens is 188 g/mol. The summed E-state index contributed by atoms with van der Waals surface area (Å²) < 4.78 is 0. The van der Waals surface area contributed by atoms with Gasteiger partial charge in [-0.05, 0) is 19.2 Å². The minimum Gasteiger partial charge on any atom is -0.350 e. The maximum atomic E-state index is 5.80. The van der Waals surface area contributed by atoms with Crippen LogP contribution in [-0.4, -0.2) is 49.2 Å². The second-order valence-electron chi connectivity index (χ2n) is 4.03. The Bertz CT molecular complexity index is 301. The molecule has 2 heterocycles. The normalized spacial score (nSPS) is 23.1. The molecule has 2 N–H and O–H groups in total. The molecule has 0 spiro atoms. The van der Waals surface area contributed by atoms with Crippen LogP contribution in [0.3, 0.4) is 0 Å². The van der Waals surface area contributed by atoms with Gasteiger partial charge in [-0.25, -0.2) is 4.98 Å². The molecule has 1 fully saturated rings. The molecule has 4 nitrogen and oxygen atoms in total. The van der Waals surface area contributed by atoms with E-state index in [1.165, 1.54) is 0 Å². The predicted molar refractivity (Wildman–Crippen MR) is 61.9 cm³/mol. The van der Waals surface area contributed by atoms with Crippen molar-refractivity contribution in [2.75, 3.05) is 38.1 Å². The van der Waals surface area contributed by atoms with E-state index in [2.05, 4.69) is 21.8 Å². The van der Waals surface area contributed by atoms with Crippen LogP contribution in [0.1, 0.15) is 0 Å². The van der Waals surface area contributed by atoms with E-state index in [1.54, 1.807) is 0 Å². The van der Waals surface area contributed by atoms with E-state index in [1.807, 2.05) is 24.4 Å². The van der Waals surface area contributed by atoms with Crippen LogP contribution < -0.4 is 10.6 Å². The van der Waals surface area contributed by atoms with Crippen LogP contribution in [0.25, 0.3) is 0 Å². The first kappa shape index (κ1) is 10.4. The fourth-order valence-corrected chi connectivity index (χ4v) is 2.04. The third-order valence-corrected chi connectivity index (χ3v) is 2.90. The fraction of sp³-hybridized carbons (Fsp3) is 0.545. The first-order valence-corrected chi connectivity index (χ1v) is 5.37. The number of nitrogens with zero attached hydrogens (tertiary/aromatic N) is 3. The third-order valence-electron chi connectivity index (χ3n) is 2.90. The minimum absolute atomic E-state index is 0.388. The van der Waals surface area contributed by atoms with E-state index in [9.17, 15) is 0 Å². The van der Waals surface area contributed by atoms with Crippen molar-refractivity contribution in [2.45, 2.75) is 6.04 Å². The molecule has 0 saturated carbocycles. The van der Waals surface area contributed by atoms with Gasteiger partial charge in [-0.1, -0.05) is 6.07 Å². The Balaban J connectivity index is 2.14. The molecular formula is C11H18N4. The topological polar surface area (TPSA) is 45.4 Å². The molecule has 1 unspecified atom stereocenters. The Morgan fingerprint density at radius 2 is 2.33 bits per heavy atom. The maximum absolute atomic E-state index is 5.80. The number of anilines is 1. The summed E-state index contributed by atoms with van der Waals surface area (Å²) in [5, 5.41) is 0. The molecule has 2 rings (SSSR count). The number of pyridine rings is 1. The number of hydrogen-bond acceptors (Lipinski definition) is 4. The molecule has 0 aliphatic carbocycles. The first-order valence-electron chi connectivity index (χ1n) is 5.37. The third kappa shape index (κ3) is 2.27. The summed E-state index contributed by atoms with van der Waals surface area (Å²) in [5.74, 6) is 1.04. The molecule has 15 heavy (non-hydrogen) atoms. The van der Waals surface area contributed by atoms with Crippen molar-refractivity contribution >= 4 is 5.82 Å². The van der Waals surface area contributed by atoms with Gasteiger partial charge in [0.15, 0.2) is 0 Å². The van der Waals surface area contributed by atoms with E-state index in [0.29, 0.717) is 12.6 Å². The van der Waals surface area contributed by atoms with Crippen LogP contribution in [0.4, 0.5) is 5.82 Å². The molecule has 1 aliphatic heterocycles. The molecule has 1 saturated heterocycles. The molecule has 82 valence electrons. The summed E-state index contributed by atoms with van der Waals surface area (Å²) in [6, 6.07) is 6.40. The summed E-state index contributed by atoms with van der Waals surface area (Å²) in [4.78, 5) is 9.00. The SMILES string of the molecule is CN1CCN(c2ccccn2)C(CN)C1. The second-order valence-corrected chi connectivity index (χ2v) is 4.03. The second kappa shape index (κ2) is 4.59. The molecule has 0 amide bonds. The highest BCUT2D eigenvalue weighted by atomic mass is 15.3. The van der Waals surface area contributed by atoms with Crippen molar-refractivity contribution in [2.24, 2.45) is 5.73 Å². The van der Waals surface area contributed by atoms with Gasteiger partial charge in [0.25, 0.3) is 0 Å². The van der Waals surface area contributed by atoms with Crippen molar-refractivity contribution in [3.63, 3.8) is 0 Å². The minimum atomic E-state index is 0.388. The van der Waals surface area contributed by atoms with E-state index in [0.717, 1.165) is 25.5 Å². The number of piperazine rings is 1. The van der Waals surface area contributed by atoms with Gasteiger partial charge in [0.2, 0.25) is 0 Å². The lowest BCUT2D eigenvalue weighted by Gasteiger charge is -2.40. The molecule has 1 aliphatic rings. The maximum Gasteiger partial charge on any atom is 0.128 e. The highest BCUT2D eigenvalue weighted by molar-refractivity contribution is 5.40.